The number of benzene rings is 2. The summed E-state index contributed by atoms with van der Waals surface area (Å²) in [6, 6.07) is 23.3. The van der Waals surface area contributed by atoms with Crippen LogP contribution in [0.15, 0.2) is 84.1 Å². The van der Waals surface area contributed by atoms with Crippen molar-refractivity contribution in [3.63, 3.8) is 0 Å². The molecule has 3 N–H and O–H groups in total. The Morgan fingerprint density at radius 3 is 2.38 bits per heavy atom. The van der Waals surface area contributed by atoms with Crippen molar-refractivity contribution in [2.45, 2.75) is 6.23 Å². The summed E-state index contributed by atoms with van der Waals surface area (Å²) in [5.74, 6) is 1.28. The number of nitrogen functional groups attached to an aromatic ring is 1. The van der Waals surface area contributed by atoms with Gasteiger partial charge in [-0.15, -0.1) is 15.3 Å². The molecule has 142 valence electrons. The van der Waals surface area contributed by atoms with Gasteiger partial charge in [-0.05, 0) is 12.1 Å². The van der Waals surface area contributed by atoms with E-state index in [1.807, 2.05) is 72.8 Å². The van der Waals surface area contributed by atoms with Crippen LogP contribution < -0.4 is 11.2 Å². The average Bonchev–Trinajstić information content (AvgIpc) is 3.42. The number of anilines is 1. The molecule has 0 fully saturated rings. The third kappa shape index (κ3) is 3.16. The van der Waals surface area contributed by atoms with Gasteiger partial charge < -0.3 is 10.5 Å². The lowest BCUT2D eigenvalue weighted by Gasteiger charge is -2.11. The molecule has 0 saturated heterocycles. The first-order chi connectivity index (χ1) is 14.3. The standard InChI is InChI=1S/C21H17N7O/c22-19-16(21-27-26-20(29-21)15-9-5-2-6-10-15)13-23-28(19)18-12-11-17(24-25-18)14-7-3-1-4-8-14/h1-13,20,26H,22H2. The molecule has 1 aliphatic heterocycles. The SMILES string of the molecule is Nc1c(C2=NNC(c3ccccc3)O2)cnn1-c1ccc(-c2ccccc2)nn1. The summed E-state index contributed by atoms with van der Waals surface area (Å²) in [7, 11) is 0. The minimum Gasteiger partial charge on any atom is -0.446 e. The maximum absolute atomic E-state index is 6.29. The highest BCUT2D eigenvalue weighted by Gasteiger charge is 2.26. The van der Waals surface area contributed by atoms with E-state index in [1.54, 1.807) is 6.20 Å². The Morgan fingerprint density at radius 1 is 0.897 bits per heavy atom. The first-order valence-electron chi connectivity index (χ1n) is 9.08. The van der Waals surface area contributed by atoms with Crippen molar-refractivity contribution < 1.29 is 4.74 Å². The lowest BCUT2D eigenvalue weighted by atomic mass is 10.1. The molecule has 3 heterocycles. The number of ether oxygens (including phenoxy) is 1. The highest BCUT2D eigenvalue weighted by Crippen LogP contribution is 2.25. The van der Waals surface area contributed by atoms with Crippen LogP contribution in [0.5, 0.6) is 0 Å². The highest BCUT2D eigenvalue weighted by atomic mass is 16.5. The van der Waals surface area contributed by atoms with Gasteiger partial charge in [0.1, 0.15) is 11.4 Å². The van der Waals surface area contributed by atoms with E-state index in [0.717, 1.165) is 16.8 Å². The maximum Gasteiger partial charge on any atom is 0.245 e. The molecular weight excluding hydrogens is 366 g/mol. The van der Waals surface area contributed by atoms with Crippen LogP contribution in [0.2, 0.25) is 0 Å². The first-order valence-corrected chi connectivity index (χ1v) is 9.08. The van der Waals surface area contributed by atoms with Crippen molar-refractivity contribution in [1.82, 2.24) is 25.4 Å². The number of aromatic nitrogens is 4. The molecule has 0 saturated carbocycles. The Morgan fingerprint density at radius 2 is 1.66 bits per heavy atom. The molecule has 0 bridgehead atoms. The number of hydrogen-bond donors (Lipinski definition) is 2. The topological polar surface area (TPSA) is 103 Å². The molecule has 2 aromatic heterocycles. The number of nitrogens with zero attached hydrogens (tertiary/aromatic N) is 5. The van der Waals surface area contributed by atoms with Gasteiger partial charge in [-0.25, -0.2) is 0 Å². The summed E-state index contributed by atoms with van der Waals surface area (Å²) in [6.07, 6.45) is 1.25. The number of nitrogens with one attached hydrogen (secondary N) is 1. The van der Waals surface area contributed by atoms with E-state index in [9.17, 15) is 0 Å². The molecule has 1 aliphatic rings. The van der Waals surface area contributed by atoms with Crippen molar-refractivity contribution in [3.05, 3.63) is 90.1 Å². The van der Waals surface area contributed by atoms with Crippen LogP contribution in [-0.2, 0) is 4.74 Å². The monoisotopic (exact) mass is 383 g/mol. The second-order valence-corrected chi connectivity index (χ2v) is 6.45. The second-order valence-electron chi connectivity index (χ2n) is 6.45. The van der Waals surface area contributed by atoms with Crippen LogP contribution in [0.25, 0.3) is 17.1 Å². The summed E-state index contributed by atoms with van der Waals surface area (Å²) in [5.41, 5.74) is 12.6. The molecule has 8 nitrogen and oxygen atoms in total. The first kappa shape index (κ1) is 16.9. The fourth-order valence-electron chi connectivity index (χ4n) is 3.08. The lowest BCUT2D eigenvalue weighted by Crippen LogP contribution is -2.13. The molecule has 0 radical (unpaired) electrons. The number of hydrazone groups is 1. The van der Waals surface area contributed by atoms with Gasteiger partial charge >= 0.3 is 0 Å². The zero-order valence-corrected chi connectivity index (χ0v) is 15.3. The van der Waals surface area contributed by atoms with E-state index >= 15 is 0 Å². The van der Waals surface area contributed by atoms with E-state index in [-0.39, 0.29) is 6.23 Å². The molecule has 0 amide bonds. The quantitative estimate of drug-likeness (QED) is 0.562. The number of nitrogens with two attached hydrogens (primary N) is 1. The largest absolute Gasteiger partial charge is 0.446 e. The van der Waals surface area contributed by atoms with Gasteiger partial charge in [-0.3, -0.25) is 5.43 Å². The van der Waals surface area contributed by atoms with Crippen LogP contribution >= 0.6 is 0 Å². The Bertz CT molecular complexity index is 1150. The van der Waals surface area contributed by atoms with E-state index in [1.165, 1.54) is 4.68 Å². The average molecular weight is 383 g/mol. The Kier molecular flexibility index (Phi) is 4.14. The molecule has 1 unspecified atom stereocenters. The van der Waals surface area contributed by atoms with E-state index in [4.69, 9.17) is 10.5 Å². The lowest BCUT2D eigenvalue weighted by molar-refractivity contribution is 0.192. The summed E-state index contributed by atoms with van der Waals surface area (Å²) < 4.78 is 7.42. The van der Waals surface area contributed by atoms with Gasteiger partial charge in [0, 0.05) is 11.1 Å². The third-order valence-electron chi connectivity index (χ3n) is 4.59. The fourth-order valence-corrected chi connectivity index (χ4v) is 3.08. The van der Waals surface area contributed by atoms with Crippen molar-refractivity contribution in [3.8, 4) is 17.1 Å². The van der Waals surface area contributed by atoms with Gasteiger partial charge in [0.05, 0.1) is 11.9 Å². The Balaban J connectivity index is 1.38. The van der Waals surface area contributed by atoms with Crippen molar-refractivity contribution in [2.24, 2.45) is 5.10 Å². The fraction of sp³-hybridized carbons (Fsp3) is 0.0476. The van der Waals surface area contributed by atoms with Gasteiger partial charge in [0.15, 0.2) is 5.82 Å². The maximum atomic E-state index is 6.29. The van der Waals surface area contributed by atoms with E-state index in [2.05, 4.69) is 25.8 Å². The molecule has 1 atom stereocenters. The Labute approximate surface area is 166 Å². The zero-order chi connectivity index (χ0) is 19.6. The predicted molar refractivity (Wildman–Crippen MR) is 109 cm³/mol. The summed E-state index contributed by atoms with van der Waals surface area (Å²) >= 11 is 0. The van der Waals surface area contributed by atoms with E-state index in [0.29, 0.717) is 23.1 Å². The molecule has 8 heteroatoms. The smallest absolute Gasteiger partial charge is 0.245 e. The number of hydrogen-bond acceptors (Lipinski definition) is 7. The van der Waals surface area contributed by atoms with Crippen LogP contribution in [0.3, 0.4) is 0 Å². The highest BCUT2D eigenvalue weighted by molar-refractivity contribution is 5.99. The third-order valence-corrected chi connectivity index (χ3v) is 4.59. The molecule has 29 heavy (non-hydrogen) atoms. The predicted octanol–water partition coefficient (Wildman–Crippen LogP) is 2.89. The van der Waals surface area contributed by atoms with Gasteiger partial charge in [0.2, 0.25) is 12.1 Å². The molecular formula is C21H17N7O. The Hall–Kier alpha value is -4.20. The normalized spacial score (nSPS) is 15.4. The van der Waals surface area contributed by atoms with Gasteiger partial charge in [-0.1, -0.05) is 60.7 Å². The summed E-state index contributed by atoms with van der Waals surface area (Å²) in [4.78, 5) is 0. The van der Waals surface area contributed by atoms with Crippen LogP contribution in [0, 0.1) is 0 Å². The van der Waals surface area contributed by atoms with Crippen LogP contribution in [0.4, 0.5) is 5.82 Å². The second kappa shape index (κ2) is 7.08. The van der Waals surface area contributed by atoms with E-state index < -0.39 is 0 Å². The van der Waals surface area contributed by atoms with Gasteiger partial charge in [0.25, 0.3) is 0 Å². The van der Waals surface area contributed by atoms with Gasteiger partial charge in [-0.2, -0.15) is 9.78 Å². The summed E-state index contributed by atoms with van der Waals surface area (Å²) in [5, 5.41) is 17.1. The zero-order valence-electron chi connectivity index (χ0n) is 15.3. The molecule has 2 aromatic carbocycles. The molecule has 0 aliphatic carbocycles. The molecule has 0 spiro atoms. The van der Waals surface area contributed by atoms with Crippen LogP contribution in [0.1, 0.15) is 17.4 Å². The number of rotatable bonds is 4. The summed E-state index contributed by atoms with van der Waals surface area (Å²) in [6.45, 7) is 0. The molecule has 4 aromatic rings. The minimum absolute atomic E-state index is 0.362. The minimum atomic E-state index is -0.362. The van der Waals surface area contributed by atoms with Crippen LogP contribution in [-0.4, -0.2) is 25.9 Å². The van der Waals surface area contributed by atoms with Crippen molar-refractivity contribution >= 4 is 11.7 Å². The van der Waals surface area contributed by atoms with Crippen molar-refractivity contribution in [2.75, 3.05) is 5.73 Å². The molecule has 5 rings (SSSR count). The van der Waals surface area contributed by atoms with Crippen molar-refractivity contribution in [1.29, 1.82) is 0 Å².